The number of benzene rings is 3. The molecule has 1 saturated heterocycles. The second kappa shape index (κ2) is 10.7. The molecule has 3 aromatic carbocycles. The molecule has 2 aliphatic rings. The van der Waals surface area contributed by atoms with Crippen LogP contribution in [-0.2, 0) is 6.42 Å². The molecule has 6 heteroatoms. The Morgan fingerprint density at radius 2 is 1.69 bits per heavy atom. The molecule has 6 nitrogen and oxygen atoms in total. The highest BCUT2D eigenvalue weighted by Gasteiger charge is 2.32. The van der Waals surface area contributed by atoms with E-state index in [1.807, 2.05) is 92.8 Å². The number of rotatable bonds is 7. The van der Waals surface area contributed by atoms with Crippen LogP contribution in [0.4, 0.5) is 0 Å². The van der Waals surface area contributed by atoms with Gasteiger partial charge in [-0.05, 0) is 61.6 Å². The van der Waals surface area contributed by atoms with Gasteiger partial charge in [0.2, 0.25) is 0 Å². The highest BCUT2D eigenvalue weighted by atomic mass is 16.6. The first-order valence-corrected chi connectivity index (χ1v) is 12.7. The van der Waals surface area contributed by atoms with Gasteiger partial charge in [0.15, 0.2) is 17.6 Å². The third-order valence-corrected chi connectivity index (χ3v) is 7.48. The van der Waals surface area contributed by atoms with Gasteiger partial charge in [-0.1, -0.05) is 54.6 Å². The zero-order chi connectivity index (χ0) is 25.1. The zero-order valence-electron chi connectivity index (χ0n) is 20.8. The van der Waals surface area contributed by atoms with Gasteiger partial charge in [0.1, 0.15) is 6.61 Å². The highest BCUT2D eigenvalue weighted by Crippen LogP contribution is 2.32. The second-order valence-electron chi connectivity index (χ2n) is 9.87. The van der Waals surface area contributed by atoms with Crippen LogP contribution in [-0.4, -0.2) is 53.8 Å². The molecule has 0 aliphatic carbocycles. The smallest absolute Gasteiger partial charge is 0.253 e. The molecule has 0 radical (unpaired) electrons. The number of nitrogens with zero attached hydrogens (tertiary/aromatic N) is 1. The fourth-order valence-electron chi connectivity index (χ4n) is 5.12. The number of fused-ring (bicyclic) bond motifs is 1. The third-order valence-electron chi connectivity index (χ3n) is 7.48. The van der Waals surface area contributed by atoms with Gasteiger partial charge >= 0.3 is 0 Å². The summed E-state index contributed by atoms with van der Waals surface area (Å²) in [6.07, 6.45) is 2.09. The molecular weight excluding hydrogens is 452 g/mol. The molecule has 3 aromatic rings. The monoisotopic (exact) mass is 486 g/mol. The minimum absolute atomic E-state index is 0.0402. The third kappa shape index (κ3) is 5.25. The van der Waals surface area contributed by atoms with Crippen molar-refractivity contribution < 1.29 is 19.4 Å². The summed E-state index contributed by atoms with van der Waals surface area (Å²) in [5.74, 6) is 1.41. The van der Waals surface area contributed by atoms with Crippen molar-refractivity contribution in [3.05, 3.63) is 95.6 Å². The van der Waals surface area contributed by atoms with Gasteiger partial charge in [-0.15, -0.1) is 0 Å². The maximum absolute atomic E-state index is 13.2. The van der Waals surface area contributed by atoms with Crippen molar-refractivity contribution in [1.29, 1.82) is 0 Å². The number of para-hydroxylation sites is 2. The van der Waals surface area contributed by atoms with E-state index in [-0.39, 0.29) is 24.1 Å². The summed E-state index contributed by atoms with van der Waals surface area (Å²) in [5.41, 5.74) is 2.78. The molecule has 5 rings (SSSR count). The van der Waals surface area contributed by atoms with Crippen LogP contribution in [0.15, 0.2) is 78.9 Å². The van der Waals surface area contributed by atoms with Crippen molar-refractivity contribution >= 4 is 5.91 Å². The fraction of sp³-hybridized carbons (Fsp3) is 0.367. The molecule has 2 heterocycles. The maximum atomic E-state index is 13.2. The van der Waals surface area contributed by atoms with Gasteiger partial charge < -0.3 is 24.8 Å². The first kappa shape index (κ1) is 24.3. The molecule has 1 amide bonds. The van der Waals surface area contributed by atoms with Gasteiger partial charge in [-0.3, -0.25) is 4.79 Å². The summed E-state index contributed by atoms with van der Waals surface area (Å²) in [6.45, 7) is 2.39. The van der Waals surface area contributed by atoms with Crippen LogP contribution < -0.4 is 14.8 Å². The van der Waals surface area contributed by atoms with Crippen LogP contribution in [0.1, 0.15) is 47.4 Å². The summed E-state index contributed by atoms with van der Waals surface area (Å²) in [7, 11) is 1.81. The molecule has 0 saturated carbocycles. The Balaban J connectivity index is 1.15. The van der Waals surface area contributed by atoms with Crippen molar-refractivity contribution in [2.24, 2.45) is 0 Å². The Bertz CT molecular complexity index is 1170. The zero-order valence-corrected chi connectivity index (χ0v) is 20.8. The summed E-state index contributed by atoms with van der Waals surface area (Å²) in [5, 5.41) is 14.3. The molecule has 36 heavy (non-hydrogen) atoms. The number of hydrogen-bond donors (Lipinski definition) is 2. The Morgan fingerprint density at radius 3 is 2.44 bits per heavy atom. The van der Waals surface area contributed by atoms with Crippen molar-refractivity contribution in [3.63, 3.8) is 0 Å². The van der Waals surface area contributed by atoms with Crippen molar-refractivity contribution in [2.75, 3.05) is 13.7 Å². The van der Waals surface area contributed by atoms with Gasteiger partial charge in [-0.25, -0.2) is 0 Å². The van der Waals surface area contributed by atoms with Crippen molar-refractivity contribution in [3.8, 4) is 11.5 Å². The molecule has 188 valence electrons. The summed E-state index contributed by atoms with van der Waals surface area (Å²) < 4.78 is 11.9. The number of carbonyl (C=O) groups is 1. The van der Waals surface area contributed by atoms with Crippen LogP contribution >= 0.6 is 0 Å². The van der Waals surface area contributed by atoms with E-state index in [2.05, 4.69) is 5.32 Å². The Kier molecular flexibility index (Phi) is 7.25. The van der Waals surface area contributed by atoms with E-state index in [0.717, 1.165) is 30.6 Å². The lowest BCUT2D eigenvalue weighted by Crippen LogP contribution is -2.49. The number of hydrogen-bond acceptors (Lipinski definition) is 5. The number of ether oxygens (including phenoxy) is 2. The highest BCUT2D eigenvalue weighted by molar-refractivity contribution is 5.94. The fourth-order valence-corrected chi connectivity index (χ4v) is 5.12. The standard InChI is InChI=1S/C30H34N2O4/c1-20(28-19-35-26-10-6-7-11-27(26)36-28)32(2)30(34)23-14-12-21(13-15-23)18-24-16-17-25(31-24)29(33)22-8-4-3-5-9-22/h3-15,20,24-25,28-29,31,33H,16-19H2,1-2H3/t20?,24-,25+,28?,29+/m0/s1. The number of amides is 1. The van der Waals surface area contributed by atoms with E-state index in [1.54, 1.807) is 4.90 Å². The summed E-state index contributed by atoms with van der Waals surface area (Å²) >= 11 is 0. The number of nitrogens with one attached hydrogen (secondary N) is 1. The molecule has 5 atom stereocenters. The topological polar surface area (TPSA) is 71.0 Å². The predicted octanol–water partition coefficient (Wildman–Crippen LogP) is 4.38. The molecule has 0 aromatic heterocycles. The number of likely N-dealkylation sites (N-methyl/N-ethyl adjacent to an activating group) is 1. The lowest BCUT2D eigenvalue weighted by Gasteiger charge is -2.35. The Labute approximate surface area is 212 Å². The van der Waals surface area contributed by atoms with Gasteiger partial charge in [0.05, 0.1) is 12.1 Å². The van der Waals surface area contributed by atoms with Crippen LogP contribution in [0.5, 0.6) is 11.5 Å². The van der Waals surface area contributed by atoms with E-state index in [0.29, 0.717) is 24.0 Å². The molecule has 2 N–H and O–H groups in total. The Morgan fingerprint density at radius 1 is 1.00 bits per heavy atom. The van der Waals surface area contributed by atoms with Crippen LogP contribution in [0.3, 0.4) is 0 Å². The molecule has 0 spiro atoms. The SMILES string of the molecule is CC(C1COc2ccccc2O1)N(C)C(=O)c1ccc(C[C@@H]2CC[C@H]([C@H](O)c3ccccc3)N2)cc1. The van der Waals surface area contributed by atoms with Crippen LogP contribution in [0, 0.1) is 0 Å². The summed E-state index contributed by atoms with van der Waals surface area (Å²) in [6, 6.07) is 25.5. The summed E-state index contributed by atoms with van der Waals surface area (Å²) in [4.78, 5) is 14.9. The van der Waals surface area contributed by atoms with E-state index in [9.17, 15) is 9.90 Å². The normalized spacial score (nSPS) is 22.6. The van der Waals surface area contributed by atoms with E-state index in [1.165, 1.54) is 5.56 Å². The average Bonchev–Trinajstić information content (AvgIpc) is 3.40. The van der Waals surface area contributed by atoms with Crippen molar-refractivity contribution in [2.45, 2.75) is 56.5 Å². The van der Waals surface area contributed by atoms with E-state index >= 15 is 0 Å². The number of carbonyl (C=O) groups excluding carboxylic acids is 1. The van der Waals surface area contributed by atoms with E-state index in [4.69, 9.17) is 9.47 Å². The molecule has 0 bridgehead atoms. The lowest BCUT2D eigenvalue weighted by molar-refractivity contribution is 0.0261. The van der Waals surface area contributed by atoms with Gasteiger partial charge in [0.25, 0.3) is 5.91 Å². The minimum Gasteiger partial charge on any atom is -0.486 e. The predicted molar refractivity (Wildman–Crippen MR) is 139 cm³/mol. The lowest BCUT2D eigenvalue weighted by atomic mass is 10.0. The van der Waals surface area contributed by atoms with E-state index < -0.39 is 6.10 Å². The van der Waals surface area contributed by atoms with Gasteiger partial charge in [-0.2, -0.15) is 0 Å². The number of aliphatic hydroxyl groups excluding tert-OH is 1. The molecule has 1 fully saturated rings. The second-order valence-corrected chi connectivity index (χ2v) is 9.87. The molecular formula is C30H34N2O4. The largest absolute Gasteiger partial charge is 0.486 e. The quantitative estimate of drug-likeness (QED) is 0.519. The first-order chi connectivity index (χ1) is 17.5. The number of aliphatic hydroxyl groups is 1. The molecule has 2 unspecified atom stereocenters. The maximum Gasteiger partial charge on any atom is 0.253 e. The van der Waals surface area contributed by atoms with Crippen molar-refractivity contribution in [1.82, 2.24) is 10.2 Å². The molecule has 2 aliphatic heterocycles. The average molecular weight is 487 g/mol. The first-order valence-electron chi connectivity index (χ1n) is 12.7. The van der Waals surface area contributed by atoms with Crippen LogP contribution in [0.2, 0.25) is 0 Å². The van der Waals surface area contributed by atoms with Crippen LogP contribution in [0.25, 0.3) is 0 Å². The van der Waals surface area contributed by atoms with Gasteiger partial charge in [0, 0.05) is 24.7 Å². The minimum atomic E-state index is -0.499. The Hall–Kier alpha value is -3.35.